The van der Waals surface area contributed by atoms with Crippen molar-refractivity contribution in [3.8, 4) is 0 Å². The Labute approximate surface area is 119 Å². The Morgan fingerprint density at radius 2 is 1.85 bits per heavy atom. The molecule has 2 heterocycles. The maximum atomic E-state index is 4.74. The van der Waals surface area contributed by atoms with Gasteiger partial charge >= 0.3 is 0 Å². The molecule has 20 heavy (non-hydrogen) atoms. The summed E-state index contributed by atoms with van der Waals surface area (Å²) in [6.45, 7) is 4.48. The van der Waals surface area contributed by atoms with Crippen LogP contribution < -0.4 is 0 Å². The largest absolute Gasteiger partial charge is 0.346 e. The molecule has 1 N–H and O–H groups in total. The SMILES string of the molecule is CC(C)c1cc(CCc2ccccc2)nc2[nH]ccc12. The third-order valence-electron chi connectivity index (χ3n) is 3.75. The highest BCUT2D eigenvalue weighted by molar-refractivity contribution is 5.80. The summed E-state index contributed by atoms with van der Waals surface area (Å²) < 4.78 is 0. The van der Waals surface area contributed by atoms with Crippen LogP contribution >= 0.6 is 0 Å². The van der Waals surface area contributed by atoms with E-state index in [-0.39, 0.29) is 0 Å². The number of aryl methyl sites for hydroxylation is 2. The van der Waals surface area contributed by atoms with Gasteiger partial charge in [-0.1, -0.05) is 44.2 Å². The number of aromatic amines is 1. The summed E-state index contributed by atoms with van der Waals surface area (Å²) in [5.41, 5.74) is 4.94. The molecule has 0 unspecified atom stereocenters. The molecule has 2 nitrogen and oxygen atoms in total. The van der Waals surface area contributed by atoms with Crippen LogP contribution in [0.3, 0.4) is 0 Å². The normalized spacial score (nSPS) is 11.3. The molecule has 0 fully saturated rings. The van der Waals surface area contributed by atoms with E-state index < -0.39 is 0 Å². The second-order valence-electron chi connectivity index (χ2n) is 5.58. The van der Waals surface area contributed by atoms with Crippen LogP contribution in [0.25, 0.3) is 11.0 Å². The number of pyridine rings is 1. The van der Waals surface area contributed by atoms with Gasteiger partial charge in [0, 0.05) is 17.3 Å². The number of nitrogens with zero attached hydrogens (tertiary/aromatic N) is 1. The predicted octanol–water partition coefficient (Wildman–Crippen LogP) is 4.47. The molecule has 2 heteroatoms. The molecule has 0 amide bonds. The molecule has 0 radical (unpaired) electrons. The van der Waals surface area contributed by atoms with Crippen LogP contribution in [0.4, 0.5) is 0 Å². The number of aromatic nitrogens is 2. The number of hydrogen-bond acceptors (Lipinski definition) is 1. The minimum Gasteiger partial charge on any atom is -0.346 e. The van der Waals surface area contributed by atoms with E-state index >= 15 is 0 Å². The van der Waals surface area contributed by atoms with Crippen LogP contribution in [0.15, 0.2) is 48.7 Å². The van der Waals surface area contributed by atoms with E-state index in [0.29, 0.717) is 5.92 Å². The number of fused-ring (bicyclic) bond motifs is 1. The van der Waals surface area contributed by atoms with Gasteiger partial charge in [0.25, 0.3) is 0 Å². The van der Waals surface area contributed by atoms with Crippen molar-refractivity contribution in [2.45, 2.75) is 32.6 Å². The van der Waals surface area contributed by atoms with Crippen molar-refractivity contribution in [1.82, 2.24) is 9.97 Å². The molecular weight excluding hydrogens is 244 g/mol. The molecule has 3 aromatic rings. The quantitative estimate of drug-likeness (QED) is 0.740. The van der Waals surface area contributed by atoms with Crippen molar-refractivity contribution in [3.63, 3.8) is 0 Å². The van der Waals surface area contributed by atoms with Gasteiger partial charge < -0.3 is 4.98 Å². The molecule has 0 aliphatic carbocycles. The fraction of sp³-hybridized carbons (Fsp3) is 0.278. The van der Waals surface area contributed by atoms with Gasteiger partial charge in [-0.3, -0.25) is 0 Å². The molecule has 102 valence electrons. The molecule has 0 saturated heterocycles. The van der Waals surface area contributed by atoms with Crippen LogP contribution in [0.5, 0.6) is 0 Å². The van der Waals surface area contributed by atoms with E-state index in [4.69, 9.17) is 4.98 Å². The Morgan fingerprint density at radius 3 is 2.60 bits per heavy atom. The summed E-state index contributed by atoms with van der Waals surface area (Å²) in [7, 11) is 0. The lowest BCUT2D eigenvalue weighted by Gasteiger charge is -2.10. The maximum absolute atomic E-state index is 4.74. The van der Waals surface area contributed by atoms with Crippen molar-refractivity contribution < 1.29 is 0 Å². The highest BCUT2D eigenvalue weighted by atomic mass is 14.8. The predicted molar refractivity (Wildman–Crippen MR) is 84.0 cm³/mol. The molecule has 0 aliphatic heterocycles. The highest BCUT2D eigenvalue weighted by Crippen LogP contribution is 2.25. The summed E-state index contributed by atoms with van der Waals surface area (Å²) in [6, 6.07) is 15.0. The van der Waals surface area contributed by atoms with Crippen LogP contribution in [-0.4, -0.2) is 9.97 Å². The second kappa shape index (κ2) is 5.49. The topological polar surface area (TPSA) is 28.7 Å². The number of H-pyrrole nitrogens is 1. The molecule has 1 aromatic carbocycles. The summed E-state index contributed by atoms with van der Waals surface area (Å²) in [6.07, 6.45) is 4.00. The van der Waals surface area contributed by atoms with Gasteiger partial charge in [0.05, 0.1) is 0 Å². The first-order chi connectivity index (χ1) is 9.74. The van der Waals surface area contributed by atoms with Crippen molar-refractivity contribution in [2.24, 2.45) is 0 Å². The van der Waals surface area contributed by atoms with E-state index in [0.717, 1.165) is 18.5 Å². The van der Waals surface area contributed by atoms with Gasteiger partial charge in [-0.05, 0) is 42.0 Å². The Hall–Kier alpha value is -2.09. The van der Waals surface area contributed by atoms with Crippen molar-refractivity contribution in [2.75, 3.05) is 0 Å². The van der Waals surface area contributed by atoms with E-state index in [1.807, 2.05) is 6.20 Å². The summed E-state index contributed by atoms with van der Waals surface area (Å²) >= 11 is 0. The third-order valence-corrected chi connectivity index (χ3v) is 3.75. The Kier molecular flexibility index (Phi) is 3.55. The second-order valence-corrected chi connectivity index (χ2v) is 5.58. The average Bonchev–Trinajstić information content (AvgIpc) is 2.93. The average molecular weight is 264 g/mol. The lowest BCUT2D eigenvalue weighted by molar-refractivity contribution is 0.856. The molecule has 0 aliphatic rings. The zero-order chi connectivity index (χ0) is 13.9. The Bertz CT molecular complexity index is 696. The Balaban J connectivity index is 1.88. The van der Waals surface area contributed by atoms with Gasteiger partial charge in [0.1, 0.15) is 5.65 Å². The fourth-order valence-corrected chi connectivity index (χ4v) is 2.64. The minimum atomic E-state index is 0.520. The smallest absolute Gasteiger partial charge is 0.137 e. The van der Waals surface area contributed by atoms with Gasteiger partial charge in [-0.25, -0.2) is 4.98 Å². The summed E-state index contributed by atoms with van der Waals surface area (Å²) in [5.74, 6) is 0.520. The van der Waals surface area contributed by atoms with E-state index in [1.54, 1.807) is 0 Å². The van der Waals surface area contributed by atoms with E-state index in [2.05, 4.69) is 61.3 Å². The number of nitrogens with one attached hydrogen (secondary N) is 1. The molecule has 3 rings (SSSR count). The van der Waals surface area contributed by atoms with Crippen molar-refractivity contribution >= 4 is 11.0 Å². The molecule has 0 spiro atoms. The van der Waals surface area contributed by atoms with E-state index in [9.17, 15) is 0 Å². The first kappa shape index (κ1) is 12.9. The Morgan fingerprint density at radius 1 is 1.05 bits per heavy atom. The summed E-state index contributed by atoms with van der Waals surface area (Å²) in [5, 5.41) is 1.25. The number of benzene rings is 1. The molecular formula is C18H20N2. The van der Waals surface area contributed by atoms with Crippen LogP contribution in [-0.2, 0) is 12.8 Å². The molecule has 0 saturated carbocycles. The molecule has 0 atom stereocenters. The van der Waals surface area contributed by atoms with Crippen molar-refractivity contribution in [3.05, 3.63) is 65.5 Å². The van der Waals surface area contributed by atoms with Crippen molar-refractivity contribution in [1.29, 1.82) is 0 Å². The lowest BCUT2D eigenvalue weighted by Crippen LogP contribution is -1.99. The van der Waals surface area contributed by atoms with Gasteiger partial charge in [0.15, 0.2) is 0 Å². The third kappa shape index (κ3) is 2.60. The molecule has 2 aromatic heterocycles. The first-order valence-electron chi connectivity index (χ1n) is 7.25. The lowest BCUT2D eigenvalue weighted by atomic mass is 9.98. The van der Waals surface area contributed by atoms with Crippen LogP contribution in [0.2, 0.25) is 0 Å². The number of rotatable bonds is 4. The standard InChI is InChI=1S/C18H20N2/c1-13(2)17-12-15(20-18-16(17)10-11-19-18)9-8-14-6-4-3-5-7-14/h3-7,10-13H,8-9H2,1-2H3,(H,19,20). The van der Waals surface area contributed by atoms with Gasteiger partial charge in [-0.2, -0.15) is 0 Å². The zero-order valence-electron chi connectivity index (χ0n) is 12.1. The first-order valence-corrected chi connectivity index (χ1v) is 7.25. The fourth-order valence-electron chi connectivity index (χ4n) is 2.64. The minimum absolute atomic E-state index is 0.520. The van der Waals surface area contributed by atoms with Gasteiger partial charge in [-0.15, -0.1) is 0 Å². The highest BCUT2D eigenvalue weighted by Gasteiger charge is 2.09. The van der Waals surface area contributed by atoms with Gasteiger partial charge in [0.2, 0.25) is 0 Å². The maximum Gasteiger partial charge on any atom is 0.137 e. The zero-order valence-corrected chi connectivity index (χ0v) is 12.1. The van der Waals surface area contributed by atoms with Crippen LogP contribution in [0, 0.1) is 0 Å². The van der Waals surface area contributed by atoms with Crippen LogP contribution in [0.1, 0.15) is 36.6 Å². The van der Waals surface area contributed by atoms with E-state index in [1.165, 1.54) is 22.2 Å². The molecule has 0 bridgehead atoms. The number of hydrogen-bond donors (Lipinski definition) is 1. The summed E-state index contributed by atoms with van der Waals surface area (Å²) in [4.78, 5) is 7.98. The monoisotopic (exact) mass is 264 g/mol.